The van der Waals surface area contributed by atoms with Crippen LogP contribution in [0.3, 0.4) is 0 Å². The smallest absolute Gasteiger partial charge is 0.0725 e. The Balaban J connectivity index is 1.00. The lowest BCUT2D eigenvalue weighted by Gasteiger charge is -2.35. The Morgan fingerprint density at radius 3 is 1.12 bits per heavy atom. The molecule has 58 heavy (non-hydrogen) atoms. The van der Waals surface area contributed by atoms with Gasteiger partial charge in [-0.1, -0.05) is 194 Å². The lowest BCUT2D eigenvalue weighted by Crippen LogP contribution is -2.29. The van der Waals surface area contributed by atoms with Crippen molar-refractivity contribution in [2.45, 2.75) is 5.41 Å². The van der Waals surface area contributed by atoms with E-state index in [9.17, 15) is 0 Å². The fraction of sp³-hybridized carbons (Fsp3) is 0.0175. The Bertz CT molecular complexity index is 2830. The number of benzene rings is 9. The lowest BCUT2D eigenvalue weighted by atomic mass is 9.66. The van der Waals surface area contributed by atoms with Crippen molar-refractivity contribution in [3.8, 4) is 44.5 Å². The molecule has 9 aromatic carbocycles. The van der Waals surface area contributed by atoms with Crippen LogP contribution < -0.4 is 4.90 Å². The zero-order valence-corrected chi connectivity index (χ0v) is 32.0. The molecule has 0 atom stereocenters. The van der Waals surface area contributed by atoms with Crippen LogP contribution in [0.5, 0.6) is 0 Å². The normalized spacial score (nSPS) is 12.9. The first-order valence-electron chi connectivity index (χ1n) is 20.1. The fourth-order valence-electron chi connectivity index (χ4n) is 9.45. The van der Waals surface area contributed by atoms with Crippen LogP contribution in [-0.4, -0.2) is 0 Å². The Kier molecular flexibility index (Phi) is 8.12. The van der Waals surface area contributed by atoms with Gasteiger partial charge in [-0.25, -0.2) is 0 Å². The van der Waals surface area contributed by atoms with E-state index < -0.39 is 5.41 Å². The van der Waals surface area contributed by atoms with Crippen LogP contribution in [0, 0.1) is 0 Å². The van der Waals surface area contributed by atoms with Gasteiger partial charge in [0.05, 0.1) is 5.41 Å². The molecule has 11 rings (SSSR count). The molecule has 0 saturated heterocycles. The molecule has 1 spiro atoms. The zero-order chi connectivity index (χ0) is 38.5. The predicted molar refractivity (Wildman–Crippen MR) is 244 cm³/mol. The molecule has 0 radical (unpaired) electrons. The molecule has 0 unspecified atom stereocenters. The van der Waals surface area contributed by atoms with Crippen LogP contribution in [0.4, 0.5) is 17.1 Å². The molecular formula is C57H39N. The SMILES string of the molecule is C1=Cc2ccccc2C2(c3ccccc31)c1ccccc1-c1cc(-c3ccc(N(c4ccc(-c5ccccc5)cc4)c4ccc(-c5ccccc5)cc4)cc3)ccc12. The first-order chi connectivity index (χ1) is 28.8. The van der Waals surface area contributed by atoms with Crippen LogP contribution in [0.1, 0.15) is 33.4 Å². The molecule has 1 nitrogen and oxygen atoms in total. The molecule has 0 N–H and O–H groups in total. The molecule has 272 valence electrons. The van der Waals surface area contributed by atoms with Crippen molar-refractivity contribution in [1.82, 2.24) is 0 Å². The van der Waals surface area contributed by atoms with Gasteiger partial charge >= 0.3 is 0 Å². The Morgan fingerprint density at radius 2 is 0.621 bits per heavy atom. The highest BCUT2D eigenvalue weighted by Crippen LogP contribution is 2.59. The van der Waals surface area contributed by atoms with Crippen molar-refractivity contribution in [1.29, 1.82) is 0 Å². The van der Waals surface area contributed by atoms with E-state index in [1.54, 1.807) is 0 Å². The number of fused-ring (bicyclic) bond motifs is 9. The first-order valence-corrected chi connectivity index (χ1v) is 20.1. The Morgan fingerprint density at radius 1 is 0.259 bits per heavy atom. The minimum atomic E-state index is -0.419. The highest BCUT2D eigenvalue weighted by Gasteiger charge is 2.48. The van der Waals surface area contributed by atoms with E-state index in [2.05, 4.69) is 242 Å². The summed E-state index contributed by atoms with van der Waals surface area (Å²) in [6.07, 6.45) is 4.58. The van der Waals surface area contributed by atoms with Crippen molar-refractivity contribution in [3.05, 3.63) is 258 Å². The Labute approximate surface area is 340 Å². The van der Waals surface area contributed by atoms with Crippen molar-refractivity contribution < 1.29 is 0 Å². The van der Waals surface area contributed by atoms with Crippen LogP contribution in [0.25, 0.3) is 56.7 Å². The van der Waals surface area contributed by atoms with Gasteiger partial charge < -0.3 is 4.90 Å². The van der Waals surface area contributed by atoms with Gasteiger partial charge in [0, 0.05) is 17.1 Å². The molecular weight excluding hydrogens is 699 g/mol. The van der Waals surface area contributed by atoms with Gasteiger partial charge in [0.15, 0.2) is 0 Å². The van der Waals surface area contributed by atoms with Gasteiger partial charge in [0.2, 0.25) is 0 Å². The van der Waals surface area contributed by atoms with Crippen LogP contribution in [-0.2, 0) is 5.41 Å². The van der Waals surface area contributed by atoms with Crippen molar-refractivity contribution in [2.24, 2.45) is 0 Å². The molecule has 0 aliphatic heterocycles. The third-order valence-electron chi connectivity index (χ3n) is 12.1. The number of hydrogen-bond acceptors (Lipinski definition) is 1. The van der Waals surface area contributed by atoms with Crippen molar-refractivity contribution >= 4 is 29.2 Å². The summed E-state index contributed by atoms with van der Waals surface area (Å²) in [6.45, 7) is 0. The van der Waals surface area contributed by atoms with Crippen molar-refractivity contribution in [2.75, 3.05) is 4.90 Å². The van der Waals surface area contributed by atoms with E-state index in [1.165, 1.54) is 77.9 Å². The largest absolute Gasteiger partial charge is 0.311 e. The standard InChI is InChI=1S/C57H39N/c1-3-13-40(14-4-1)42-25-32-48(33-26-42)58(49-34-27-43(28-35-49)41-15-5-2-6-16-41)50-36-29-44(30-37-50)47-31-38-56-52(39-47)51-19-9-12-22-55(51)57(56)53-20-10-7-17-45(53)23-24-46-18-8-11-21-54(46)57/h1-39H. The number of anilines is 3. The number of rotatable bonds is 6. The van der Waals surface area contributed by atoms with Crippen LogP contribution >= 0.6 is 0 Å². The summed E-state index contributed by atoms with van der Waals surface area (Å²) >= 11 is 0. The maximum absolute atomic E-state index is 2.42. The summed E-state index contributed by atoms with van der Waals surface area (Å²) in [4.78, 5) is 2.35. The zero-order valence-electron chi connectivity index (χ0n) is 32.0. The molecule has 0 heterocycles. The van der Waals surface area contributed by atoms with E-state index >= 15 is 0 Å². The maximum atomic E-state index is 2.42. The molecule has 0 aromatic heterocycles. The quantitative estimate of drug-likeness (QED) is 0.164. The van der Waals surface area contributed by atoms with E-state index in [-0.39, 0.29) is 0 Å². The third-order valence-corrected chi connectivity index (χ3v) is 12.1. The van der Waals surface area contributed by atoms with Gasteiger partial charge in [-0.15, -0.1) is 0 Å². The first kappa shape index (κ1) is 33.8. The monoisotopic (exact) mass is 737 g/mol. The summed E-state index contributed by atoms with van der Waals surface area (Å²) in [7, 11) is 0. The second kappa shape index (κ2) is 13.9. The van der Waals surface area contributed by atoms with Gasteiger partial charge in [-0.05, 0) is 120 Å². The summed E-state index contributed by atoms with van der Waals surface area (Å²) < 4.78 is 0. The second-order valence-electron chi connectivity index (χ2n) is 15.3. The fourth-order valence-corrected chi connectivity index (χ4v) is 9.45. The predicted octanol–water partition coefficient (Wildman–Crippen LogP) is 15.0. The molecule has 0 fully saturated rings. The average Bonchev–Trinajstić information content (AvgIpc) is 3.50. The van der Waals surface area contributed by atoms with Gasteiger partial charge in [-0.3, -0.25) is 0 Å². The van der Waals surface area contributed by atoms with Gasteiger partial charge in [0.25, 0.3) is 0 Å². The van der Waals surface area contributed by atoms with E-state index in [0.717, 1.165) is 17.1 Å². The van der Waals surface area contributed by atoms with Crippen molar-refractivity contribution in [3.63, 3.8) is 0 Å². The maximum Gasteiger partial charge on any atom is 0.0725 e. The van der Waals surface area contributed by atoms with Gasteiger partial charge in [0.1, 0.15) is 0 Å². The van der Waals surface area contributed by atoms with Gasteiger partial charge in [-0.2, -0.15) is 0 Å². The highest BCUT2D eigenvalue weighted by molar-refractivity contribution is 5.93. The second-order valence-corrected chi connectivity index (χ2v) is 15.3. The number of hydrogen-bond donors (Lipinski definition) is 0. The molecule has 1 heteroatoms. The van der Waals surface area contributed by atoms with E-state index in [0.29, 0.717) is 0 Å². The topological polar surface area (TPSA) is 3.24 Å². The minimum Gasteiger partial charge on any atom is -0.311 e. The highest BCUT2D eigenvalue weighted by atomic mass is 15.1. The van der Waals surface area contributed by atoms with E-state index in [4.69, 9.17) is 0 Å². The summed E-state index contributed by atoms with van der Waals surface area (Å²) in [5, 5.41) is 0. The molecule has 0 bridgehead atoms. The summed E-state index contributed by atoms with van der Waals surface area (Å²) in [5.41, 5.74) is 20.6. The minimum absolute atomic E-state index is 0.419. The number of nitrogens with zero attached hydrogens (tertiary/aromatic N) is 1. The molecule has 0 saturated carbocycles. The lowest BCUT2D eigenvalue weighted by molar-refractivity contribution is 0.766. The van der Waals surface area contributed by atoms with E-state index in [1.807, 2.05) is 0 Å². The van der Waals surface area contributed by atoms with Crippen LogP contribution in [0.15, 0.2) is 224 Å². The summed E-state index contributed by atoms with van der Waals surface area (Å²) in [5.74, 6) is 0. The summed E-state index contributed by atoms with van der Waals surface area (Å²) in [6, 6.07) is 82.1. The molecule has 2 aliphatic carbocycles. The molecule has 2 aliphatic rings. The molecule has 0 amide bonds. The van der Waals surface area contributed by atoms with Crippen LogP contribution in [0.2, 0.25) is 0 Å². The molecule has 9 aromatic rings. The Hall–Kier alpha value is -7.48. The average molecular weight is 738 g/mol. The third kappa shape index (κ3) is 5.47.